The Kier molecular flexibility index (Phi) is 2.79. The lowest BCUT2D eigenvalue weighted by Crippen LogP contribution is -2.39. The molecule has 0 aromatic heterocycles. The molecule has 0 aliphatic carbocycles. The van der Waals surface area contributed by atoms with Crippen molar-refractivity contribution >= 4 is 0 Å². The van der Waals surface area contributed by atoms with Crippen molar-refractivity contribution in [2.45, 2.75) is 18.4 Å². The summed E-state index contributed by atoms with van der Waals surface area (Å²) in [5.74, 6) is -0.153. The third-order valence-corrected chi connectivity index (χ3v) is 2.73. The van der Waals surface area contributed by atoms with Gasteiger partial charge in [0.15, 0.2) is 0 Å². The largest absolute Gasteiger partial charge is 0.391 e. The second kappa shape index (κ2) is 4.07. The van der Waals surface area contributed by atoms with Gasteiger partial charge in [0, 0.05) is 12.5 Å². The number of aliphatic hydroxyl groups excluding tert-OH is 1. The van der Waals surface area contributed by atoms with Crippen LogP contribution in [0.5, 0.6) is 0 Å². The summed E-state index contributed by atoms with van der Waals surface area (Å²) in [6.07, 6.45) is 0.468. The lowest BCUT2D eigenvalue weighted by Gasteiger charge is -2.28. The summed E-state index contributed by atoms with van der Waals surface area (Å²) in [6, 6.07) is 6.51. The Morgan fingerprint density at radius 3 is 3.00 bits per heavy atom. The topological polar surface area (TPSA) is 32.3 Å². The predicted octanol–water partition coefficient (Wildman–Crippen LogP) is 1.26. The summed E-state index contributed by atoms with van der Waals surface area (Å²) in [5, 5.41) is 12.8. The average Bonchev–Trinajstić information content (AvgIpc) is 2.18. The van der Waals surface area contributed by atoms with E-state index in [9.17, 15) is 9.50 Å². The fourth-order valence-corrected chi connectivity index (χ4v) is 1.97. The van der Waals surface area contributed by atoms with Crippen LogP contribution < -0.4 is 5.32 Å². The van der Waals surface area contributed by atoms with Crippen LogP contribution in [-0.4, -0.2) is 24.3 Å². The molecule has 2 atom stereocenters. The molecule has 1 heterocycles. The van der Waals surface area contributed by atoms with E-state index in [1.54, 1.807) is 6.07 Å². The highest BCUT2D eigenvalue weighted by molar-refractivity contribution is 5.22. The lowest BCUT2D eigenvalue weighted by atomic mass is 9.88. The Hall–Kier alpha value is -0.930. The highest BCUT2D eigenvalue weighted by Gasteiger charge is 2.24. The zero-order valence-corrected chi connectivity index (χ0v) is 7.91. The van der Waals surface area contributed by atoms with Gasteiger partial charge in [-0.15, -0.1) is 0 Å². The van der Waals surface area contributed by atoms with Crippen LogP contribution in [0.2, 0.25) is 0 Å². The molecule has 1 saturated heterocycles. The molecule has 1 aromatic carbocycles. The Morgan fingerprint density at radius 1 is 1.43 bits per heavy atom. The number of hydrogen-bond donors (Lipinski definition) is 2. The van der Waals surface area contributed by atoms with Crippen LogP contribution in [0.15, 0.2) is 24.3 Å². The van der Waals surface area contributed by atoms with Crippen molar-refractivity contribution in [3.8, 4) is 0 Å². The van der Waals surface area contributed by atoms with Crippen molar-refractivity contribution in [2.24, 2.45) is 0 Å². The zero-order chi connectivity index (χ0) is 9.97. The van der Waals surface area contributed by atoms with E-state index in [2.05, 4.69) is 5.32 Å². The van der Waals surface area contributed by atoms with Gasteiger partial charge in [0.1, 0.15) is 5.82 Å². The van der Waals surface area contributed by atoms with Crippen LogP contribution >= 0.6 is 0 Å². The van der Waals surface area contributed by atoms with Gasteiger partial charge < -0.3 is 10.4 Å². The number of β-amino-alcohol motifs (C(OH)–C–C–N with tert-alkyl or cyclic N) is 1. The van der Waals surface area contributed by atoms with Crippen LogP contribution in [0.3, 0.4) is 0 Å². The van der Waals surface area contributed by atoms with Gasteiger partial charge in [0.25, 0.3) is 0 Å². The van der Waals surface area contributed by atoms with Crippen molar-refractivity contribution in [3.63, 3.8) is 0 Å². The number of halogens is 1. The smallest absolute Gasteiger partial charge is 0.123 e. The summed E-state index contributed by atoms with van der Waals surface area (Å²) in [6.45, 7) is 1.49. The molecule has 3 heteroatoms. The van der Waals surface area contributed by atoms with E-state index in [0.29, 0.717) is 6.54 Å². The summed E-state index contributed by atoms with van der Waals surface area (Å²) in [5.41, 5.74) is 0.902. The first-order valence-corrected chi connectivity index (χ1v) is 4.91. The lowest BCUT2D eigenvalue weighted by molar-refractivity contribution is 0.118. The number of aliphatic hydroxyl groups is 1. The highest BCUT2D eigenvalue weighted by atomic mass is 19.1. The molecule has 1 aromatic rings. The maximum absolute atomic E-state index is 13.0. The fraction of sp³-hybridized carbons (Fsp3) is 0.455. The van der Waals surface area contributed by atoms with Crippen molar-refractivity contribution in [1.29, 1.82) is 0 Å². The predicted molar refractivity (Wildman–Crippen MR) is 52.6 cm³/mol. The number of rotatable bonds is 1. The highest BCUT2D eigenvalue weighted by Crippen LogP contribution is 2.25. The molecule has 2 rings (SSSR count). The average molecular weight is 195 g/mol. The monoisotopic (exact) mass is 195 g/mol. The number of hydrogen-bond acceptors (Lipinski definition) is 2. The summed E-state index contributed by atoms with van der Waals surface area (Å²) < 4.78 is 13.0. The van der Waals surface area contributed by atoms with E-state index in [0.717, 1.165) is 18.5 Å². The van der Waals surface area contributed by atoms with Gasteiger partial charge >= 0.3 is 0 Å². The summed E-state index contributed by atoms with van der Waals surface area (Å²) >= 11 is 0. The number of piperidine rings is 1. The molecular formula is C11H14FNO. The minimum absolute atomic E-state index is 0.0759. The molecule has 1 fully saturated rings. The van der Waals surface area contributed by atoms with E-state index in [1.165, 1.54) is 12.1 Å². The summed E-state index contributed by atoms with van der Waals surface area (Å²) in [7, 11) is 0. The fourth-order valence-electron chi connectivity index (χ4n) is 1.97. The van der Waals surface area contributed by atoms with Crippen molar-refractivity contribution < 1.29 is 9.50 Å². The molecule has 0 unspecified atom stereocenters. The van der Waals surface area contributed by atoms with Crippen LogP contribution in [0.4, 0.5) is 4.39 Å². The van der Waals surface area contributed by atoms with E-state index in [-0.39, 0.29) is 11.7 Å². The first-order chi connectivity index (χ1) is 6.77. The van der Waals surface area contributed by atoms with Gasteiger partial charge in [-0.2, -0.15) is 0 Å². The quantitative estimate of drug-likeness (QED) is 0.707. The Balaban J connectivity index is 2.20. The zero-order valence-electron chi connectivity index (χ0n) is 7.91. The molecule has 14 heavy (non-hydrogen) atoms. The summed E-state index contributed by atoms with van der Waals surface area (Å²) in [4.78, 5) is 0. The molecule has 2 N–H and O–H groups in total. The first-order valence-electron chi connectivity index (χ1n) is 4.91. The molecule has 0 radical (unpaired) electrons. The molecule has 0 bridgehead atoms. The molecule has 1 aliphatic rings. The standard InChI is InChI=1S/C11H14FNO/c12-9-3-1-2-8(6-9)10-4-5-13-7-11(10)14/h1-3,6,10-11,13-14H,4-5,7H2/t10-,11+/m1/s1. The number of nitrogens with one attached hydrogen (secondary N) is 1. The Morgan fingerprint density at radius 2 is 2.29 bits per heavy atom. The van der Waals surface area contributed by atoms with E-state index in [4.69, 9.17) is 0 Å². The Labute approximate surface area is 82.8 Å². The molecule has 0 spiro atoms. The second-order valence-corrected chi connectivity index (χ2v) is 3.72. The maximum atomic E-state index is 13.0. The minimum Gasteiger partial charge on any atom is -0.391 e. The normalized spacial score (nSPS) is 27.6. The van der Waals surface area contributed by atoms with Gasteiger partial charge in [0.2, 0.25) is 0 Å². The van der Waals surface area contributed by atoms with Gasteiger partial charge in [-0.3, -0.25) is 0 Å². The van der Waals surface area contributed by atoms with Gasteiger partial charge in [-0.05, 0) is 30.7 Å². The van der Waals surface area contributed by atoms with Crippen molar-refractivity contribution in [2.75, 3.05) is 13.1 Å². The molecule has 1 aliphatic heterocycles. The molecule has 2 nitrogen and oxygen atoms in total. The van der Waals surface area contributed by atoms with Gasteiger partial charge in [0.05, 0.1) is 6.10 Å². The molecule has 76 valence electrons. The van der Waals surface area contributed by atoms with Crippen molar-refractivity contribution in [1.82, 2.24) is 5.32 Å². The second-order valence-electron chi connectivity index (χ2n) is 3.72. The molecule has 0 amide bonds. The maximum Gasteiger partial charge on any atom is 0.123 e. The Bertz CT molecular complexity index is 316. The van der Waals surface area contributed by atoms with Crippen LogP contribution in [0.1, 0.15) is 17.9 Å². The van der Waals surface area contributed by atoms with E-state index >= 15 is 0 Å². The third kappa shape index (κ3) is 1.94. The third-order valence-electron chi connectivity index (χ3n) is 2.73. The van der Waals surface area contributed by atoms with E-state index < -0.39 is 6.10 Å². The SMILES string of the molecule is O[C@H]1CNCC[C@@H]1c1cccc(F)c1. The van der Waals surface area contributed by atoms with Gasteiger partial charge in [-0.1, -0.05) is 12.1 Å². The van der Waals surface area contributed by atoms with E-state index in [1.807, 2.05) is 6.07 Å². The van der Waals surface area contributed by atoms with Crippen LogP contribution in [-0.2, 0) is 0 Å². The minimum atomic E-state index is -0.398. The van der Waals surface area contributed by atoms with Crippen LogP contribution in [0.25, 0.3) is 0 Å². The number of benzene rings is 1. The van der Waals surface area contributed by atoms with Gasteiger partial charge in [-0.25, -0.2) is 4.39 Å². The molecular weight excluding hydrogens is 181 g/mol. The molecule has 0 saturated carbocycles. The first kappa shape index (κ1) is 9.62. The van der Waals surface area contributed by atoms with Crippen LogP contribution in [0, 0.1) is 5.82 Å². The van der Waals surface area contributed by atoms with Crippen molar-refractivity contribution in [3.05, 3.63) is 35.6 Å².